The Labute approximate surface area is 193 Å². The van der Waals surface area contributed by atoms with Gasteiger partial charge in [-0.05, 0) is 60.7 Å². The summed E-state index contributed by atoms with van der Waals surface area (Å²) in [5.74, 6) is 0.956. The SMILES string of the molecule is COc1cccc(/C=C(/CC(=O)N(C)C2CCN(C3CC3)C2)c2nc3ccccc3s2)c1. The van der Waals surface area contributed by atoms with Gasteiger partial charge in [-0.2, -0.15) is 0 Å². The van der Waals surface area contributed by atoms with Gasteiger partial charge in [-0.1, -0.05) is 24.3 Å². The van der Waals surface area contributed by atoms with Crippen LogP contribution in [0.3, 0.4) is 0 Å². The van der Waals surface area contributed by atoms with Crippen LogP contribution < -0.4 is 4.74 Å². The second-order valence-corrected chi connectivity index (χ2v) is 9.81. The Morgan fingerprint density at radius 1 is 1.22 bits per heavy atom. The largest absolute Gasteiger partial charge is 0.497 e. The van der Waals surface area contributed by atoms with Crippen LogP contribution in [-0.4, -0.2) is 60.0 Å². The molecule has 1 aromatic heterocycles. The highest BCUT2D eigenvalue weighted by atomic mass is 32.1. The molecule has 166 valence electrons. The summed E-state index contributed by atoms with van der Waals surface area (Å²) < 4.78 is 6.52. The number of para-hydroxylation sites is 1. The van der Waals surface area contributed by atoms with Crippen LogP contribution in [0, 0.1) is 0 Å². The van der Waals surface area contributed by atoms with E-state index in [1.807, 2.05) is 54.4 Å². The van der Waals surface area contributed by atoms with Gasteiger partial charge in [-0.25, -0.2) is 4.98 Å². The summed E-state index contributed by atoms with van der Waals surface area (Å²) in [5, 5.41) is 0.904. The molecule has 3 aromatic rings. The summed E-state index contributed by atoms with van der Waals surface area (Å²) in [7, 11) is 3.63. The first-order chi connectivity index (χ1) is 15.6. The minimum absolute atomic E-state index is 0.154. The number of carbonyl (C=O) groups is 1. The maximum absolute atomic E-state index is 13.4. The smallest absolute Gasteiger partial charge is 0.227 e. The van der Waals surface area contributed by atoms with E-state index in [-0.39, 0.29) is 5.91 Å². The van der Waals surface area contributed by atoms with Crippen molar-refractivity contribution in [3.63, 3.8) is 0 Å². The van der Waals surface area contributed by atoms with Gasteiger partial charge in [-0.3, -0.25) is 9.69 Å². The molecular weight excluding hydrogens is 418 g/mol. The maximum Gasteiger partial charge on any atom is 0.227 e. The lowest BCUT2D eigenvalue weighted by molar-refractivity contribution is -0.130. The third kappa shape index (κ3) is 4.57. The normalized spacial score (nSPS) is 19.4. The van der Waals surface area contributed by atoms with Crippen LogP contribution in [0.25, 0.3) is 21.9 Å². The number of ether oxygens (including phenoxy) is 1. The Morgan fingerprint density at radius 3 is 2.84 bits per heavy atom. The Hall–Kier alpha value is -2.70. The van der Waals surface area contributed by atoms with Gasteiger partial charge >= 0.3 is 0 Å². The lowest BCUT2D eigenvalue weighted by Gasteiger charge is -2.25. The van der Waals surface area contributed by atoms with Crippen molar-refractivity contribution >= 4 is 39.1 Å². The number of amides is 1. The average molecular weight is 448 g/mol. The van der Waals surface area contributed by atoms with E-state index in [0.29, 0.717) is 12.5 Å². The third-order valence-electron chi connectivity index (χ3n) is 6.54. The quantitative estimate of drug-likeness (QED) is 0.515. The number of hydrogen-bond donors (Lipinski definition) is 0. The number of thiazole rings is 1. The number of fused-ring (bicyclic) bond motifs is 1. The molecule has 5 nitrogen and oxygen atoms in total. The van der Waals surface area contributed by atoms with E-state index >= 15 is 0 Å². The van der Waals surface area contributed by atoms with Crippen LogP contribution in [0.1, 0.15) is 36.3 Å². The second kappa shape index (κ2) is 9.04. The number of methoxy groups -OCH3 is 1. The van der Waals surface area contributed by atoms with Crippen molar-refractivity contribution in [2.24, 2.45) is 0 Å². The Morgan fingerprint density at radius 2 is 2.06 bits per heavy atom. The van der Waals surface area contributed by atoms with Crippen LogP contribution in [0.2, 0.25) is 0 Å². The molecule has 2 aliphatic rings. The number of benzene rings is 2. The highest BCUT2D eigenvalue weighted by Crippen LogP contribution is 2.33. The molecule has 2 fully saturated rings. The Balaban J connectivity index is 1.41. The second-order valence-electron chi connectivity index (χ2n) is 8.78. The molecule has 0 radical (unpaired) electrons. The minimum atomic E-state index is 0.154. The van der Waals surface area contributed by atoms with E-state index in [9.17, 15) is 4.79 Å². The predicted octanol–water partition coefficient (Wildman–Crippen LogP) is 4.93. The van der Waals surface area contributed by atoms with Gasteiger partial charge in [-0.15, -0.1) is 11.3 Å². The van der Waals surface area contributed by atoms with Crippen LogP contribution in [0.15, 0.2) is 48.5 Å². The van der Waals surface area contributed by atoms with Crippen molar-refractivity contribution in [3.8, 4) is 5.75 Å². The lowest BCUT2D eigenvalue weighted by Crippen LogP contribution is -2.39. The molecule has 5 rings (SSSR count). The van der Waals surface area contributed by atoms with E-state index in [0.717, 1.165) is 57.7 Å². The number of carbonyl (C=O) groups excluding carboxylic acids is 1. The molecule has 1 saturated carbocycles. The van der Waals surface area contributed by atoms with Crippen molar-refractivity contribution in [1.29, 1.82) is 0 Å². The zero-order chi connectivity index (χ0) is 22.1. The lowest BCUT2D eigenvalue weighted by atomic mass is 10.1. The standard InChI is InChI=1S/C26H29N3O2S/c1-28(21-12-13-29(17-21)20-10-11-20)25(30)16-19(14-18-6-5-7-22(15-18)31-2)26-27-23-8-3-4-9-24(23)32-26/h3-9,14-15,20-21H,10-13,16-17H2,1-2H3/b19-14-. The molecule has 0 N–H and O–H groups in total. The topological polar surface area (TPSA) is 45.7 Å². The molecule has 2 aromatic carbocycles. The number of nitrogens with zero attached hydrogens (tertiary/aromatic N) is 3. The van der Waals surface area contributed by atoms with Crippen LogP contribution in [0.5, 0.6) is 5.75 Å². The highest BCUT2D eigenvalue weighted by molar-refractivity contribution is 7.19. The molecule has 0 bridgehead atoms. The summed E-state index contributed by atoms with van der Waals surface area (Å²) in [6, 6.07) is 17.1. The molecule has 6 heteroatoms. The van der Waals surface area contributed by atoms with Crippen molar-refractivity contribution in [1.82, 2.24) is 14.8 Å². The van der Waals surface area contributed by atoms with Gasteiger partial charge in [0.25, 0.3) is 0 Å². The molecule has 32 heavy (non-hydrogen) atoms. The molecule has 2 heterocycles. The number of hydrogen-bond acceptors (Lipinski definition) is 5. The van der Waals surface area contributed by atoms with Crippen molar-refractivity contribution in [2.75, 3.05) is 27.2 Å². The van der Waals surface area contributed by atoms with E-state index < -0.39 is 0 Å². The average Bonchev–Trinajstić information content (AvgIpc) is 3.38. The fourth-order valence-corrected chi connectivity index (χ4v) is 5.46. The third-order valence-corrected chi connectivity index (χ3v) is 7.66. The molecule has 0 spiro atoms. The Kier molecular flexibility index (Phi) is 5.98. The molecule has 1 unspecified atom stereocenters. The van der Waals surface area contributed by atoms with Crippen LogP contribution in [0.4, 0.5) is 0 Å². The number of aromatic nitrogens is 1. The summed E-state index contributed by atoms with van der Waals surface area (Å²) in [4.78, 5) is 22.7. The first kappa shape index (κ1) is 21.2. The van der Waals surface area contributed by atoms with Gasteiger partial charge in [0.05, 0.1) is 23.7 Å². The van der Waals surface area contributed by atoms with Crippen molar-refractivity contribution in [2.45, 2.75) is 37.8 Å². The monoisotopic (exact) mass is 447 g/mol. The van der Waals surface area contributed by atoms with Gasteiger partial charge in [0.2, 0.25) is 5.91 Å². The predicted molar refractivity (Wildman–Crippen MR) is 131 cm³/mol. The Bertz CT molecular complexity index is 1120. The number of rotatable bonds is 7. The minimum Gasteiger partial charge on any atom is -0.497 e. The highest BCUT2D eigenvalue weighted by Gasteiger charge is 2.36. The molecule has 1 aliphatic heterocycles. The van der Waals surface area contributed by atoms with Crippen molar-refractivity contribution in [3.05, 3.63) is 59.1 Å². The van der Waals surface area contributed by atoms with Crippen LogP contribution in [-0.2, 0) is 4.79 Å². The van der Waals surface area contributed by atoms with E-state index in [1.165, 1.54) is 12.8 Å². The fourth-order valence-electron chi connectivity index (χ4n) is 4.48. The van der Waals surface area contributed by atoms with E-state index in [2.05, 4.69) is 17.0 Å². The van der Waals surface area contributed by atoms with Gasteiger partial charge < -0.3 is 9.64 Å². The summed E-state index contributed by atoms with van der Waals surface area (Å²) in [6.07, 6.45) is 6.12. The fraction of sp³-hybridized carbons (Fsp3) is 0.385. The van der Waals surface area contributed by atoms with Crippen LogP contribution >= 0.6 is 11.3 Å². The van der Waals surface area contributed by atoms with E-state index in [1.54, 1.807) is 18.4 Å². The van der Waals surface area contributed by atoms with Gasteiger partial charge in [0.1, 0.15) is 10.8 Å². The maximum atomic E-state index is 13.4. The first-order valence-corrected chi connectivity index (χ1v) is 12.1. The summed E-state index contributed by atoms with van der Waals surface area (Å²) in [5.41, 5.74) is 2.93. The molecule has 1 saturated heterocycles. The zero-order valence-electron chi connectivity index (χ0n) is 18.7. The van der Waals surface area contributed by atoms with Crippen molar-refractivity contribution < 1.29 is 9.53 Å². The molecular formula is C26H29N3O2S. The first-order valence-electron chi connectivity index (χ1n) is 11.3. The molecule has 1 atom stereocenters. The molecule has 1 amide bonds. The van der Waals surface area contributed by atoms with Gasteiger partial charge in [0.15, 0.2) is 0 Å². The van der Waals surface area contributed by atoms with E-state index in [4.69, 9.17) is 9.72 Å². The summed E-state index contributed by atoms with van der Waals surface area (Å²) in [6.45, 7) is 2.11. The zero-order valence-corrected chi connectivity index (χ0v) is 19.5. The summed E-state index contributed by atoms with van der Waals surface area (Å²) >= 11 is 1.64. The number of likely N-dealkylation sites (N-methyl/N-ethyl adjacent to an activating group) is 1. The van der Waals surface area contributed by atoms with Gasteiger partial charge in [0, 0.05) is 32.2 Å². The number of likely N-dealkylation sites (tertiary alicyclic amines) is 1. The molecule has 1 aliphatic carbocycles.